The summed E-state index contributed by atoms with van der Waals surface area (Å²) in [4.78, 5) is 0. The Morgan fingerprint density at radius 2 is 2.09 bits per heavy atom. The Kier molecular flexibility index (Phi) is 8.64. The summed E-state index contributed by atoms with van der Waals surface area (Å²) in [6, 6.07) is 0. The number of hydrogen-bond donors (Lipinski definition) is 1. The van der Waals surface area contributed by atoms with E-state index < -0.39 is 0 Å². The molecule has 11 heavy (non-hydrogen) atoms. The predicted molar refractivity (Wildman–Crippen MR) is 53.1 cm³/mol. The molecule has 0 fully saturated rings. The highest BCUT2D eigenvalue weighted by molar-refractivity contribution is 7.80. The number of thiol groups is 1. The summed E-state index contributed by atoms with van der Waals surface area (Å²) >= 11 is 4.00. The van der Waals surface area contributed by atoms with Gasteiger partial charge in [0.25, 0.3) is 0 Å². The Hall–Kier alpha value is 0.310. The van der Waals surface area contributed by atoms with Crippen molar-refractivity contribution < 1.29 is 4.74 Å². The molecule has 0 aromatic carbocycles. The van der Waals surface area contributed by atoms with Crippen molar-refractivity contribution in [3.05, 3.63) is 0 Å². The van der Waals surface area contributed by atoms with E-state index in [1.807, 2.05) is 0 Å². The maximum atomic E-state index is 5.25. The first-order chi connectivity index (χ1) is 5.35. The highest BCUT2D eigenvalue weighted by atomic mass is 32.1. The lowest BCUT2D eigenvalue weighted by Crippen LogP contribution is -2.07. The molecule has 68 valence electrons. The monoisotopic (exact) mass is 176 g/mol. The van der Waals surface area contributed by atoms with Crippen molar-refractivity contribution in [1.29, 1.82) is 0 Å². The first-order valence-electron chi connectivity index (χ1n) is 4.53. The van der Waals surface area contributed by atoms with Crippen LogP contribution in [-0.2, 0) is 4.74 Å². The lowest BCUT2D eigenvalue weighted by Gasteiger charge is -2.12. The standard InChI is InChI=1S/C9H20OS/c1-3-5-6-9(4-2)7-10-8-11/h9,11H,3-8H2,1-2H3. The lowest BCUT2D eigenvalue weighted by molar-refractivity contribution is 0.133. The topological polar surface area (TPSA) is 9.23 Å². The molecule has 0 aliphatic carbocycles. The van der Waals surface area contributed by atoms with Crippen molar-refractivity contribution in [3.8, 4) is 0 Å². The Labute approximate surface area is 75.9 Å². The summed E-state index contributed by atoms with van der Waals surface area (Å²) in [7, 11) is 0. The molecular weight excluding hydrogens is 156 g/mol. The molecule has 0 radical (unpaired) electrons. The summed E-state index contributed by atoms with van der Waals surface area (Å²) in [6.07, 6.45) is 5.15. The van der Waals surface area contributed by atoms with Crippen LogP contribution in [0.2, 0.25) is 0 Å². The van der Waals surface area contributed by atoms with E-state index in [-0.39, 0.29) is 0 Å². The fourth-order valence-electron chi connectivity index (χ4n) is 1.12. The van der Waals surface area contributed by atoms with Crippen LogP contribution in [0.25, 0.3) is 0 Å². The van der Waals surface area contributed by atoms with Crippen LogP contribution in [0.5, 0.6) is 0 Å². The first-order valence-corrected chi connectivity index (χ1v) is 5.16. The number of rotatable bonds is 7. The van der Waals surface area contributed by atoms with E-state index in [1.54, 1.807) is 0 Å². The second-order valence-corrected chi connectivity index (χ2v) is 3.17. The van der Waals surface area contributed by atoms with Crippen LogP contribution in [0.3, 0.4) is 0 Å². The van der Waals surface area contributed by atoms with Gasteiger partial charge in [0.15, 0.2) is 0 Å². The average molecular weight is 176 g/mol. The highest BCUT2D eigenvalue weighted by Crippen LogP contribution is 2.12. The quantitative estimate of drug-likeness (QED) is 0.463. The van der Waals surface area contributed by atoms with Crippen LogP contribution in [0.4, 0.5) is 0 Å². The largest absolute Gasteiger partial charge is 0.371 e. The van der Waals surface area contributed by atoms with E-state index in [0.29, 0.717) is 5.94 Å². The molecule has 0 amide bonds. The van der Waals surface area contributed by atoms with Crippen LogP contribution in [-0.4, -0.2) is 12.5 Å². The molecule has 0 N–H and O–H groups in total. The van der Waals surface area contributed by atoms with Crippen LogP contribution >= 0.6 is 12.6 Å². The van der Waals surface area contributed by atoms with Gasteiger partial charge >= 0.3 is 0 Å². The Balaban J connectivity index is 3.25. The molecule has 0 rings (SSSR count). The fraction of sp³-hybridized carbons (Fsp3) is 1.00. The number of ether oxygens (including phenoxy) is 1. The van der Waals surface area contributed by atoms with Crippen molar-refractivity contribution in [2.24, 2.45) is 5.92 Å². The van der Waals surface area contributed by atoms with Gasteiger partial charge < -0.3 is 4.74 Å². The minimum atomic E-state index is 0.558. The zero-order chi connectivity index (χ0) is 8.53. The molecule has 0 spiro atoms. The van der Waals surface area contributed by atoms with Gasteiger partial charge in [0.05, 0.1) is 12.5 Å². The molecule has 0 bridgehead atoms. The smallest absolute Gasteiger partial charge is 0.0892 e. The molecule has 0 aromatic rings. The van der Waals surface area contributed by atoms with Gasteiger partial charge in [-0.2, -0.15) is 12.6 Å². The Morgan fingerprint density at radius 3 is 2.55 bits per heavy atom. The first kappa shape index (κ1) is 11.3. The molecule has 0 saturated heterocycles. The molecule has 0 heterocycles. The van der Waals surface area contributed by atoms with Gasteiger partial charge in [-0.15, -0.1) is 0 Å². The molecule has 1 nitrogen and oxygen atoms in total. The summed E-state index contributed by atoms with van der Waals surface area (Å²) in [5, 5.41) is 0. The molecule has 1 unspecified atom stereocenters. The Morgan fingerprint density at radius 1 is 1.36 bits per heavy atom. The lowest BCUT2D eigenvalue weighted by atomic mass is 10.0. The Bertz CT molecular complexity index is 68.0. The maximum Gasteiger partial charge on any atom is 0.0892 e. The third-order valence-electron chi connectivity index (χ3n) is 1.99. The molecule has 0 aliphatic rings. The van der Waals surface area contributed by atoms with Crippen LogP contribution in [0.15, 0.2) is 0 Å². The summed E-state index contributed by atoms with van der Waals surface area (Å²) in [5.74, 6) is 1.31. The minimum Gasteiger partial charge on any atom is -0.371 e. The van der Waals surface area contributed by atoms with E-state index in [0.717, 1.165) is 12.5 Å². The van der Waals surface area contributed by atoms with Crippen molar-refractivity contribution >= 4 is 12.6 Å². The van der Waals surface area contributed by atoms with Crippen LogP contribution in [0, 0.1) is 5.92 Å². The molecule has 0 aromatic heterocycles. The van der Waals surface area contributed by atoms with E-state index >= 15 is 0 Å². The maximum absolute atomic E-state index is 5.25. The van der Waals surface area contributed by atoms with E-state index in [2.05, 4.69) is 26.5 Å². The van der Waals surface area contributed by atoms with E-state index in [1.165, 1.54) is 25.7 Å². The average Bonchev–Trinajstić information content (AvgIpc) is 2.05. The fourth-order valence-corrected chi connectivity index (χ4v) is 1.22. The van der Waals surface area contributed by atoms with Crippen LogP contribution in [0.1, 0.15) is 39.5 Å². The summed E-state index contributed by atoms with van der Waals surface area (Å²) in [5.41, 5.74) is 0. The second kappa shape index (κ2) is 8.41. The molecule has 2 heteroatoms. The van der Waals surface area contributed by atoms with E-state index in [9.17, 15) is 0 Å². The summed E-state index contributed by atoms with van der Waals surface area (Å²) < 4.78 is 5.25. The molecular formula is C9H20OS. The van der Waals surface area contributed by atoms with Crippen molar-refractivity contribution in [2.75, 3.05) is 12.5 Å². The van der Waals surface area contributed by atoms with E-state index in [4.69, 9.17) is 4.74 Å². The number of hydrogen-bond acceptors (Lipinski definition) is 2. The SMILES string of the molecule is CCCCC(CC)COCS. The van der Waals surface area contributed by atoms with Crippen molar-refractivity contribution in [3.63, 3.8) is 0 Å². The van der Waals surface area contributed by atoms with Gasteiger partial charge in [0.2, 0.25) is 0 Å². The van der Waals surface area contributed by atoms with Crippen molar-refractivity contribution in [1.82, 2.24) is 0 Å². The third-order valence-corrected chi connectivity index (χ3v) is 2.17. The second-order valence-electron chi connectivity index (χ2n) is 2.92. The zero-order valence-electron chi connectivity index (χ0n) is 7.68. The van der Waals surface area contributed by atoms with Gasteiger partial charge in [-0.3, -0.25) is 0 Å². The van der Waals surface area contributed by atoms with Crippen LogP contribution < -0.4 is 0 Å². The van der Waals surface area contributed by atoms with Gasteiger partial charge in [0, 0.05) is 0 Å². The van der Waals surface area contributed by atoms with Gasteiger partial charge in [0.1, 0.15) is 0 Å². The molecule has 0 aliphatic heterocycles. The van der Waals surface area contributed by atoms with Crippen molar-refractivity contribution in [2.45, 2.75) is 39.5 Å². The third kappa shape index (κ3) is 6.70. The normalized spacial score (nSPS) is 13.4. The zero-order valence-corrected chi connectivity index (χ0v) is 8.57. The number of unbranched alkanes of at least 4 members (excludes halogenated alkanes) is 1. The highest BCUT2D eigenvalue weighted by Gasteiger charge is 2.04. The predicted octanol–water partition coefficient (Wildman–Crippen LogP) is 3.11. The summed E-state index contributed by atoms with van der Waals surface area (Å²) in [6.45, 7) is 5.34. The van der Waals surface area contributed by atoms with Gasteiger partial charge in [-0.05, 0) is 12.3 Å². The van der Waals surface area contributed by atoms with Gasteiger partial charge in [-0.25, -0.2) is 0 Å². The molecule has 0 saturated carbocycles. The molecule has 1 atom stereocenters. The van der Waals surface area contributed by atoms with Gasteiger partial charge in [-0.1, -0.05) is 33.1 Å². The minimum absolute atomic E-state index is 0.558.